The van der Waals surface area contributed by atoms with Gasteiger partial charge in [0.25, 0.3) is 5.91 Å². The first kappa shape index (κ1) is 24.1. The molecule has 2 heterocycles. The maximum Gasteiger partial charge on any atom is 0.275 e. The highest BCUT2D eigenvalue weighted by molar-refractivity contribution is 8.15. The number of amidine groups is 1. The van der Waals surface area contributed by atoms with Gasteiger partial charge >= 0.3 is 0 Å². The van der Waals surface area contributed by atoms with Crippen LogP contribution in [0.2, 0.25) is 0 Å². The molecule has 1 aromatic heterocycles. The Morgan fingerprint density at radius 3 is 2.78 bits per heavy atom. The molecule has 11 heteroatoms. The van der Waals surface area contributed by atoms with E-state index in [9.17, 15) is 9.59 Å². The smallest absolute Gasteiger partial charge is 0.275 e. The van der Waals surface area contributed by atoms with Crippen LogP contribution in [0, 0.1) is 24.1 Å². The number of halogens is 1. The summed E-state index contributed by atoms with van der Waals surface area (Å²) >= 11 is 1.25. The largest absolute Gasteiger partial charge is 0.460 e. The van der Waals surface area contributed by atoms with Crippen LogP contribution < -0.4 is 21.1 Å². The van der Waals surface area contributed by atoms with E-state index in [2.05, 4.69) is 31.5 Å². The van der Waals surface area contributed by atoms with Gasteiger partial charge in [-0.1, -0.05) is 17.7 Å². The summed E-state index contributed by atoms with van der Waals surface area (Å²) in [5.74, 6) is 1.27. The number of nitrogens with two attached hydrogens (primary N) is 1. The highest BCUT2D eigenvalue weighted by Gasteiger charge is 2.70. The number of carbonyl (C=O) groups is 2. The standard InChI is InChI=1S/C25H25FN6O3S/c1-4-13(2)35-20-12-28-18(11-29-20)21(33)30-15-7-8-17(26)16(9-15)24(3)19-10-25(19,36-23(27)32-24)22(34)31-14-5-6-14/h1,7-9,11-14,19H,5-6,10H2,2-3H3,(H2,27,32)(H,30,33)(H,31,34)/t13-,19?,24+,25-/m0/s1. The monoisotopic (exact) mass is 508 g/mol. The maximum atomic E-state index is 15.1. The van der Waals surface area contributed by atoms with Crippen LogP contribution in [0.1, 0.15) is 49.2 Å². The number of carbonyl (C=O) groups excluding carboxylic acids is 2. The van der Waals surface area contributed by atoms with E-state index in [-0.39, 0.29) is 40.2 Å². The van der Waals surface area contributed by atoms with Crippen molar-refractivity contribution in [2.45, 2.75) is 55.5 Å². The molecule has 2 fully saturated rings. The zero-order valence-corrected chi connectivity index (χ0v) is 20.6. The molecule has 36 heavy (non-hydrogen) atoms. The molecule has 4 atom stereocenters. The van der Waals surface area contributed by atoms with Crippen molar-refractivity contribution in [1.29, 1.82) is 0 Å². The lowest BCUT2D eigenvalue weighted by atomic mass is 9.85. The first-order valence-electron chi connectivity index (χ1n) is 11.6. The molecule has 3 aliphatic rings. The van der Waals surface area contributed by atoms with E-state index in [1.165, 1.54) is 42.4 Å². The van der Waals surface area contributed by atoms with E-state index in [0.29, 0.717) is 12.1 Å². The number of nitrogens with one attached hydrogen (secondary N) is 2. The van der Waals surface area contributed by atoms with Crippen molar-refractivity contribution in [3.05, 3.63) is 47.7 Å². The van der Waals surface area contributed by atoms with Gasteiger partial charge in [-0.25, -0.2) is 14.4 Å². The molecule has 0 spiro atoms. The Bertz CT molecular complexity index is 1310. The van der Waals surface area contributed by atoms with Gasteiger partial charge in [-0.15, -0.1) is 6.42 Å². The molecular weight excluding hydrogens is 483 g/mol. The Labute approximate surface area is 211 Å². The van der Waals surface area contributed by atoms with Crippen LogP contribution in [0.5, 0.6) is 5.88 Å². The average Bonchev–Trinajstić information content (AvgIpc) is 3.77. The molecule has 0 saturated heterocycles. The lowest BCUT2D eigenvalue weighted by Crippen LogP contribution is -2.44. The molecular formula is C25H25FN6O3S. The number of hydrogen-bond acceptors (Lipinski definition) is 8. The maximum absolute atomic E-state index is 15.1. The van der Waals surface area contributed by atoms with Gasteiger partial charge in [-0.2, -0.15) is 0 Å². The number of hydrogen-bond donors (Lipinski definition) is 3. The molecule has 9 nitrogen and oxygen atoms in total. The summed E-state index contributed by atoms with van der Waals surface area (Å²) in [6.45, 7) is 3.46. The summed E-state index contributed by atoms with van der Waals surface area (Å²) in [5, 5.41) is 6.00. The normalized spacial score (nSPS) is 27.1. The Morgan fingerprint density at radius 1 is 1.33 bits per heavy atom. The number of nitrogens with zero attached hydrogens (tertiary/aromatic N) is 3. The Morgan fingerprint density at radius 2 is 2.11 bits per heavy atom. The molecule has 0 bridgehead atoms. The van der Waals surface area contributed by atoms with Gasteiger partial charge in [0.2, 0.25) is 11.8 Å². The van der Waals surface area contributed by atoms with Gasteiger partial charge in [0, 0.05) is 23.2 Å². The molecule has 1 aromatic carbocycles. The molecule has 2 amide bonds. The topological polar surface area (TPSA) is 132 Å². The number of thioether (sulfide) groups is 1. The Balaban J connectivity index is 1.36. The van der Waals surface area contributed by atoms with E-state index in [1.807, 2.05) is 0 Å². The average molecular weight is 509 g/mol. The van der Waals surface area contributed by atoms with E-state index in [4.69, 9.17) is 16.9 Å². The van der Waals surface area contributed by atoms with E-state index in [0.717, 1.165) is 12.8 Å². The zero-order chi connectivity index (χ0) is 25.7. The number of ether oxygens (including phenoxy) is 1. The fourth-order valence-corrected chi connectivity index (χ4v) is 5.88. The fourth-order valence-electron chi connectivity index (χ4n) is 4.50. The summed E-state index contributed by atoms with van der Waals surface area (Å²) in [6, 6.07) is 4.45. The third-order valence-electron chi connectivity index (χ3n) is 6.68. The van der Waals surface area contributed by atoms with E-state index >= 15 is 4.39 Å². The second kappa shape index (κ2) is 8.78. The Hall–Kier alpha value is -3.65. The minimum atomic E-state index is -1.06. The van der Waals surface area contributed by atoms with Crippen LogP contribution in [0.25, 0.3) is 0 Å². The molecule has 2 aromatic rings. The number of aliphatic imine (C=N–C) groups is 1. The minimum Gasteiger partial charge on any atom is -0.460 e. The number of terminal acetylenes is 1. The summed E-state index contributed by atoms with van der Waals surface area (Å²) in [4.78, 5) is 38.4. The number of rotatable bonds is 7. The van der Waals surface area contributed by atoms with Gasteiger partial charge in [-0.05, 0) is 51.3 Å². The highest BCUT2D eigenvalue weighted by atomic mass is 32.2. The summed E-state index contributed by atoms with van der Waals surface area (Å²) < 4.78 is 19.7. The number of benzene rings is 1. The second-order valence-electron chi connectivity index (χ2n) is 9.41. The van der Waals surface area contributed by atoms with Gasteiger partial charge in [0.15, 0.2) is 11.3 Å². The predicted molar refractivity (Wildman–Crippen MR) is 134 cm³/mol. The fraction of sp³-hybridized carbons (Fsp3) is 0.400. The molecule has 5 rings (SSSR count). The quantitative estimate of drug-likeness (QED) is 0.490. The van der Waals surface area contributed by atoms with Crippen molar-refractivity contribution >= 4 is 34.4 Å². The van der Waals surface area contributed by atoms with Crippen LogP contribution in [0.3, 0.4) is 0 Å². The third-order valence-corrected chi connectivity index (χ3v) is 7.98. The molecule has 186 valence electrons. The number of fused-ring (bicyclic) bond motifs is 1. The van der Waals surface area contributed by atoms with E-state index in [1.54, 1.807) is 13.8 Å². The first-order chi connectivity index (χ1) is 17.1. The van der Waals surface area contributed by atoms with Crippen LogP contribution >= 0.6 is 11.8 Å². The molecule has 4 N–H and O–H groups in total. The zero-order valence-electron chi connectivity index (χ0n) is 19.7. The van der Waals surface area contributed by atoms with E-state index < -0.39 is 28.1 Å². The Kier molecular flexibility index (Phi) is 5.87. The van der Waals surface area contributed by atoms with Crippen molar-refractivity contribution in [3.8, 4) is 18.2 Å². The number of amides is 2. The summed E-state index contributed by atoms with van der Waals surface area (Å²) in [5.41, 5.74) is 5.72. The van der Waals surface area contributed by atoms with Crippen molar-refractivity contribution in [2.24, 2.45) is 16.6 Å². The third kappa shape index (κ3) is 4.37. The summed E-state index contributed by atoms with van der Waals surface area (Å²) in [7, 11) is 0. The van der Waals surface area contributed by atoms with Crippen LogP contribution in [0.4, 0.5) is 10.1 Å². The SMILES string of the molecule is C#C[C@H](C)Oc1cnc(C(=O)Nc2ccc(F)c([C@@]3(C)N=C(N)S[C@@]4(C(=O)NC5CC5)CC43)c2)cn1. The van der Waals surface area contributed by atoms with Gasteiger partial charge in [0.05, 0.1) is 17.9 Å². The predicted octanol–water partition coefficient (Wildman–Crippen LogP) is 2.58. The molecule has 1 unspecified atom stereocenters. The van der Waals surface area contributed by atoms with Crippen LogP contribution in [-0.2, 0) is 10.3 Å². The molecule has 0 radical (unpaired) electrons. The van der Waals surface area contributed by atoms with Gasteiger partial charge < -0.3 is 21.1 Å². The van der Waals surface area contributed by atoms with Gasteiger partial charge in [0.1, 0.15) is 16.3 Å². The van der Waals surface area contributed by atoms with Crippen LogP contribution in [-0.4, -0.2) is 43.8 Å². The lowest BCUT2D eigenvalue weighted by molar-refractivity contribution is -0.121. The number of anilines is 1. The first-order valence-corrected chi connectivity index (χ1v) is 12.4. The molecule has 2 aliphatic carbocycles. The minimum absolute atomic E-state index is 0.0436. The highest BCUT2D eigenvalue weighted by Crippen LogP contribution is 2.66. The van der Waals surface area contributed by atoms with Crippen molar-refractivity contribution < 1.29 is 18.7 Å². The van der Waals surface area contributed by atoms with Crippen molar-refractivity contribution in [3.63, 3.8) is 0 Å². The number of aromatic nitrogens is 2. The summed E-state index contributed by atoms with van der Waals surface area (Å²) in [6.07, 6.45) is 9.84. The lowest BCUT2D eigenvalue weighted by Gasteiger charge is -2.34. The molecule has 1 aliphatic heterocycles. The molecule has 2 saturated carbocycles. The van der Waals surface area contributed by atoms with Gasteiger partial charge in [-0.3, -0.25) is 14.6 Å². The second-order valence-corrected chi connectivity index (χ2v) is 10.8. The van der Waals surface area contributed by atoms with Crippen LogP contribution in [0.15, 0.2) is 35.6 Å². The van der Waals surface area contributed by atoms with Crippen molar-refractivity contribution in [1.82, 2.24) is 15.3 Å². The van der Waals surface area contributed by atoms with Crippen molar-refractivity contribution in [2.75, 3.05) is 5.32 Å².